The molecule has 2 aliphatic rings. The number of carbonyl (C=O) groups is 2. The minimum atomic E-state index is -1.85. The highest BCUT2D eigenvalue weighted by Gasteiger charge is 2.59. The second kappa shape index (κ2) is 6.70. The molecule has 2 amide bonds. The molecule has 2 fully saturated rings. The number of hydrogen-bond donors (Lipinski definition) is 0. The molecule has 0 aromatic heterocycles. The van der Waals surface area contributed by atoms with Crippen LogP contribution < -0.4 is 0 Å². The first kappa shape index (κ1) is 17.5. The van der Waals surface area contributed by atoms with E-state index in [0.29, 0.717) is 5.92 Å². The number of hydrogen-bond acceptors (Lipinski definition) is 4. The van der Waals surface area contributed by atoms with Gasteiger partial charge in [-0.15, -0.1) is 0 Å². The van der Waals surface area contributed by atoms with Crippen LogP contribution in [0.1, 0.15) is 47.5 Å². The Morgan fingerprint density at radius 3 is 2.18 bits per heavy atom. The maximum Gasteiger partial charge on any atom is 0.417 e. The normalized spacial score (nSPS) is 25.4. The molecule has 5 nitrogen and oxygen atoms in total. The van der Waals surface area contributed by atoms with Crippen LogP contribution in [0.4, 0.5) is 4.79 Å². The fourth-order valence-corrected chi connectivity index (χ4v) is 6.02. The number of likely N-dealkylation sites (tertiary alicyclic amines) is 1. The second-order valence-electron chi connectivity index (χ2n) is 6.75. The zero-order valence-electron chi connectivity index (χ0n) is 14.4. The molecule has 0 radical (unpaired) electrons. The summed E-state index contributed by atoms with van der Waals surface area (Å²) in [5.74, 6) is 0.203. The average molecular weight is 327 g/mol. The highest BCUT2D eigenvalue weighted by molar-refractivity contribution is 6.73. The average Bonchev–Trinajstić information content (AvgIpc) is 3.29. The maximum atomic E-state index is 12.5. The lowest BCUT2D eigenvalue weighted by atomic mass is 9.94. The van der Waals surface area contributed by atoms with Gasteiger partial charge in [-0.2, -0.15) is 0 Å². The number of nitrogens with zero attached hydrogens (tertiary/aromatic N) is 1. The zero-order valence-corrected chi connectivity index (χ0v) is 15.4. The van der Waals surface area contributed by atoms with Crippen molar-refractivity contribution in [1.82, 2.24) is 4.90 Å². The predicted octanol–water partition coefficient (Wildman–Crippen LogP) is 3.54. The van der Waals surface area contributed by atoms with Gasteiger partial charge >= 0.3 is 6.09 Å². The first-order valence-electron chi connectivity index (χ1n) is 8.60. The number of rotatable bonds is 7. The fourth-order valence-electron chi connectivity index (χ4n) is 3.24. The van der Waals surface area contributed by atoms with Gasteiger partial charge in [0.15, 0.2) is 8.32 Å². The van der Waals surface area contributed by atoms with Crippen LogP contribution in [0.2, 0.25) is 18.1 Å². The minimum Gasteiger partial charge on any atom is -0.446 e. The van der Waals surface area contributed by atoms with Gasteiger partial charge in [0, 0.05) is 0 Å². The molecule has 22 heavy (non-hydrogen) atoms. The number of amides is 2. The molecule has 0 bridgehead atoms. The molecule has 0 unspecified atom stereocenters. The Balaban J connectivity index is 2.10. The SMILES string of the molecule is CC[Si](CC)(CC)O[C@@H]1C(=O)N(C(=O)OC(C)C)[C@@H]1C1CC1. The number of ether oxygens (including phenoxy) is 1. The van der Waals surface area contributed by atoms with E-state index in [-0.39, 0.29) is 18.1 Å². The van der Waals surface area contributed by atoms with Gasteiger partial charge in [-0.1, -0.05) is 20.8 Å². The minimum absolute atomic E-state index is 0.102. The zero-order chi connectivity index (χ0) is 16.5. The third-order valence-electron chi connectivity index (χ3n) is 5.04. The van der Waals surface area contributed by atoms with Crippen molar-refractivity contribution < 1.29 is 18.8 Å². The molecule has 1 saturated carbocycles. The van der Waals surface area contributed by atoms with Crippen molar-refractivity contribution in [3.05, 3.63) is 0 Å². The lowest BCUT2D eigenvalue weighted by Crippen LogP contribution is -2.70. The third kappa shape index (κ3) is 3.22. The number of carbonyl (C=O) groups excluding carboxylic acids is 2. The van der Waals surface area contributed by atoms with E-state index in [0.717, 1.165) is 31.0 Å². The summed E-state index contributed by atoms with van der Waals surface area (Å²) >= 11 is 0. The van der Waals surface area contributed by atoms with Crippen LogP contribution in [0.3, 0.4) is 0 Å². The standard InChI is InChI=1S/C16H29NO4Si/c1-6-22(7-2,8-3)21-14-13(12-9-10-12)17(15(14)18)16(19)20-11(4)5/h11-14H,6-10H2,1-5H3/t13-,14+/m1/s1. The topological polar surface area (TPSA) is 55.8 Å². The smallest absolute Gasteiger partial charge is 0.417 e. The first-order valence-corrected chi connectivity index (χ1v) is 11.1. The highest BCUT2D eigenvalue weighted by atomic mass is 28.4. The molecule has 0 spiro atoms. The van der Waals surface area contributed by atoms with E-state index in [9.17, 15) is 9.59 Å². The van der Waals surface area contributed by atoms with Crippen molar-refractivity contribution in [2.45, 2.75) is 83.8 Å². The molecule has 0 N–H and O–H groups in total. The van der Waals surface area contributed by atoms with Crippen molar-refractivity contribution in [3.8, 4) is 0 Å². The van der Waals surface area contributed by atoms with Gasteiger partial charge in [0.1, 0.15) is 6.10 Å². The summed E-state index contributed by atoms with van der Waals surface area (Å²) in [6.07, 6.45) is 1.01. The van der Waals surface area contributed by atoms with Gasteiger partial charge in [0.05, 0.1) is 12.1 Å². The molecule has 0 aromatic carbocycles. The molecule has 1 aliphatic carbocycles. The van der Waals surface area contributed by atoms with Crippen LogP contribution in [-0.4, -0.2) is 43.5 Å². The largest absolute Gasteiger partial charge is 0.446 e. The summed E-state index contributed by atoms with van der Waals surface area (Å²) < 4.78 is 11.6. The Bertz CT molecular complexity index is 424. The number of β-lactam (4-membered cyclic amide) rings is 1. The van der Waals surface area contributed by atoms with E-state index in [2.05, 4.69) is 20.8 Å². The Morgan fingerprint density at radius 1 is 1.23 bits per heavy atom. The molecular weight excluding hydrogens is 298 g/mol. The lowest BCUT2D eigenvalue weighted by molar-refractivity contribution is -0.162. The van der Waals surface area contributed by atoms with Gasteiger partial charge in [0.25, 0.3) is 5.91 Å². The molecule has 2 rings (SSSR count). The van der Waals surface area contributed by atoms with Gasteiger partial charge in [-0.05, 0) is 50.7 Å². The van der Waals surface area contributed by atoms with Crippen LogP contribution in [0.15, 0.2) is 0 Å². The Kier molecular flexibility index (Phi) is 5.32. The summed E-state index contributed by atoms with van der Waals surface area (Å²) in [7, 11) is -1.85. The molecule has 1 heterocycles. The van der Waals surface area contributed by atoms with E-state index in [1.807, 2.05) is 0 Å². The van der Waals surface area contributed by atoms with Gasteiger partial charge in [-0.3, -0.25) is 4.79 Å². The molecule has 6 heteroatoms. The first-order chi connectivity index (χ1) is 10.4. The van der Waals surface area contributed by atoms with Crippen molar-refractivity contribution in [2.24, 2.45) is 5.92 Å². The maximum absolute atomic E-state index is 12.5. The van der Waals surface area contributed by atoms with E-state index in [1.54, 1.807) is 13.8 Å². The van der Waals surface area contributed by atoms with Crippen LogP contribution in [0.5, 0.6) is 0 Å². The van der Waals surface area contributed by atoms with Crippen molar-refractivity contribution in [2.75, 3.05) is 0 Å². The fraction of sp³-hybridized carbons (Fsp3) is 0.875. The van der Waals surface area contributed by atoms with Gasteiger partial charge in [-0.25, -0.2) is 9.69 Å². The predicted molar refractivity (Wildman–Crippen MR) is 87.0 cm³/mol. The summed E-state index contributed by atoms with van der Waals surface area (Å²) in [6.45, 7) is 10.1. The van der Waals surface area contributed by atoms with Crippen molar-refractivity contribution >= 4 is 20.3 Å². The molecule has 0 aromatic rings. The summed E-state index contributed by atoms with van der Waals surface area (Å²) in [5.41, 5.74) is 0. The summed E-state index contributed by atoms with van der Waals surface area (Å²) in [4.78, 5) is 25.9. The summed E-state index contributed by atoms with van der Waals surface area (Å²) in [6, 6.07) is 2.93. The highest BCUT2D eigenvalue weighted by Crippen LogP contribution is 2.44. The van der Waals surface area contributed by atoms with Gasteiger partial charge < -0.3 is 9.16 Å². The van der Waals surface area contributed by atoms with E-state index < -0.39 is 20.5 Å². The lowest BCUT2D eigenvalue weighted by Gasteiger charge is -2.48. The van der Waals surface area contributed by atoms with E-state index >= 15 is 0 Å². The molecule has 2 atom stereocenters. The van der Waals surface area contributed by atoms with Crippen LogP contribution in [0.25, 0.3) is 0 Å². The monoisotopic (exact) mass is 327 g/mol. The Labute approximate surface area is 134 Å². The van der Waals surface area contributed by atoms with Gasteiger partial charge in [0.2, 0.25) is 0 Å². The third-order valence-corrected chi connectivity index (χ3v) is 9.66. The van der Waals surface area contributed by atoms with Crippen LogP contribution in [0, 0.1) is 5.92 Å². The molecule has 1 aliphatic heterocycles. The molecule has 1 saturated heterocycles. The molecular formula is C16H29NO4Si. The van der Waals surface area contributed by atoms with E-state index in [4.69, 9.17) is 9.16 Å². The second-order valence-corrected chi connectivity index (χ2v) is 11.5. The summed E-state index contributed by atoms with van der Waals surface area (Å²) in [5, 5.41) is 0. The quantitative estimate of drug-likeness (QED) is 0.530. The van der Waals surface area contributed by atoms with E-state index in [1.165, 1.54) is 4.90 Å². The van der Waals surface area contributed by atoms with Crippen LogP contribution in [-0.2, 0) is 14.0 Å². The van der Waals surface area contributed by atoms with Crippen molar-refractivity contribution in [1.29, 1.82) is 0 Å². The Hall–Kier alpha value is -0.883. The van der Waals surface area contributed by atoms with Crippen LogP contribution >= 0.6 is 0 Å². The molecule has 126 valence electrons. The Morgan fingerprint density at radius 2 is 1.77 bits per heavy atom. The number of imide groups is 1. The van der Waals surface area contributed by atoms with Crippen molar-refractivity contribution in [3.63, 3.8) is 0 Å².